The second kappa shape index (κ2) is 7.28. The molecule has 130 valence electrons. The molecule has 2 atom stereocenters. The van der Waals surface area contributed by atoms with Gasteiger partial charge in [0.15, 0.2) is 5.78 Å². The number of aromatic amines is 1. The Kier molecular flexibility index (Phi) is 4.69. The molecule has 0 aliphatic carbocycles. The molecule has 4 rings (SSSR count). The lowest BCUT2D eigenvalue weighted by atomic mass is 10.0. The highest BCUT2D eigenvalue weighted by Gasteiger charge is 2.23. The van der Waals surface area contributed by atoms with E-state index in [0.717, 1.165) is 22.0 Å². The average molecular weight is 360 g/mol. The number of hydrogen-bond acceptors (Lipinski definition) is 3. The molecule has 2 heterocycles. The normalized spacial score (nSPS) is 13.6. The van der Waals surface area contributed by atoms with Crippen LogP contribution in [0.3, 0.4) is 0 Å². The van der Waals surface area contributed by atoms with Crippen molar-refractivity contribution in [1.82, 2.24) is 10.3 Å². The first-order chi connectivity index (χ1) is 12.7. The second-order valence-corrected chi connectivity index (χ2v) is 7.34. The number of Topliss-reactive ketones (excluding diaryl/α,β-unsaturated/α-hetero) is 1. The van der Waals surface area contributed by atoms with Crippen molar-refractivity contribution < 1.29 is 4.79 Å². The molecule has 0 saturated heterocycles. The standard InChI is InChI=1S/C22H20N2OS/c1-15(22(25)18-14-23-19-11-6-5-10-17(18)19)24-21(20-12-7-13-26-20)16-8-3-2-4-9-16/h2-15,21,23-24H,1H3/t15-,21-/m0/s1. The molecule has 0 fully saturated rings. The summed E-state index contributed by atoms with van der Waals surface area (Å²) in [6.45, 7) is 1.94. The van der Waals surface area contributed by atoms with E-state index in [0.29, 0.717) is 0 Å². The minimum atomic E-state index is -0.304. The Morgan fingerprint density at radius 1 is 1.00 bits per heavy atom. The van der Waals surface area contributed by atoms with Gasteiger partial charge in [-0.05, 0) is 30.0 Å². The zero-order valence-corrected chi connectivity index (χ0v) is 15.3. The maximum atomic E-state index is 13.1. The number of carbonyl (C=O) groups is 1. The van der Waals surface area contributed by atoms with E-state index in [-0.39, 0.29) is 17.9 Å². The van der Waals surface area contributed by atoms with Gasteiger partial charge in [-0.2, -0.15) is 0 Å². The number of nitrogens with one attached hydrogen (secondary N) is 2. The highest BCUT2D eigenvalue weighted by molar-refractivity contribution is 7.10. The zero-order chi connectivity index (χ0) is 17.9. The van der Waals surface area contributed by atoms with Gasteiger partial charge in [-0.25, -0.2) is 0 Å². The Balaban J connectivity index is 1.62. The molecule has 4 heteroatoms. The van der Waals surface area contributed by atoms with Crippen LogP contribution in [-0.2, 0) is 0 Å². The SMILES string of the molecule is C[C@H](N[C@@H](c1ccccc1)c1cccs1)C(=O)c1c[nH]c2ccccc12. The van der Waals surface area contributed by atoms with Crippen molar-refractivity contribution in [1.29, 1.82) is 0 Å². The van der Waals surface area contributed by atoms with Crippen LogP contribution >= 0.6 is 11.3 Å². The number of H-pyrrole nitrogens is 1. The number of para-hydroxylation sites is 1. The smallest absolute Gasteiger partial charge is 0.181 e. The van der Waals surface area contributed by atoms with Crippen LogP contribution in [0.15, 0.2) is 78.3 Å². The van der Waals surface area contributed by atoms with Gasteiger partial charge in [0.1, 0.15) is 0 Å². The topological polar surface area (TPSA) is 44.9 Å². The molecule has 0 unspecified atom stereocenters. The lowest BCUT2D eigenvalue weighted by molar-refractivity contribution is 0.0949. The summed E-state index contributed by atoms with van der Waals surface area (Å²) in [5.41, 5.74) is 2.88. The van der Waals surface area contributed by atoms with Crippen LogP contribution in [0.25, 0.3) is 10.9 Å². The zero-order valence-electron chi connectivity index (χ0n) is 14.5. The summed E-state index contributed by atoms with van der Waals surface area (Å²) >= 11 is 1.70. The molecular weight excluding hydrogens is 340 g/mol. The average Bonchev–Trinajstić information content (AvgIpc) is 3.36. The number of benzene rings is 2. The van der Waals surface area contributed by atoms with Gasteiger partial charge < -0.3 is 4.98 Å². The quantitative estimate of drug-likeness (QED) is 0.465. The number of aromatic nitrogens is 1. The molecule has 0 spiro atoms. The molecular formula is C22H20N2OS. The first kappa shape index (κ1) is 16.8. The second-order valence-electron chi connectivity index (χ2n) is 6.36. The van der Waals surface area contributed by atoms with Gasteiger partial charge in [0.2, 0.25) is 0 Å². The lowest BCUT2D eigenvalue weighted by Crippen LogP contribution is -2.37. The van der Waals surface area contributed by atoms with Crippen molar-refractivity contribution >= 4 is 28.0 Å². The van der Waals surface area contributed by atoms with Crippen LogP contribution in [-0.4, -0.2) is 16.8 Å². The largest absolute Gasteiger partial charge is 0.360 e. The van der Waals surface area contributed by atoms with Crippen LogP contribution in [0, 0.1) is 0 Å². The monoisotopic (exact) mass is 360 g/mol. The molecule has 0 radical (unpaired) electrons. The molecule has 0 aliphatic rings. The fraction of sp³-hybridized carbons (Fsp3) is 0.136. The van der Waals surface area contributed by atoms with E-state index in [9.17, 15) is 4.79 Å². The van der Waals surface area contributed by atoms with Gasteiger partial charge in [0.05, 0.1) is 12.1 Å². The molecule has 26 heavy (non-hydrogen) atoms. The molecule has 2 N–H and O–H groups in total. The molecule has 0 aliphatic heterocycles. The van der Waals surface area contributed by atoms with Crippen LogP contribution in [0.4, 0.5) is 0 Å². The number of fused-ring (bicyclic) bond motifs is 1. The van der Waals surface area contributed by atoms with Gasteiger partial charge in [-0.1, -0.05) is 54.6 Å². The summed E-state index contributed by atoms with van der Waals surface area (Å²) in [7, 11) is 0. The Morgan fingerprint density at radius 3 is 2.54 bits per heavy atom. The number of rotatable bonds is 6. The summed E-state index contributed by atoms with van der Waals surface area (Å²) in [5.74, 6) is 0.0972. The molecule has 0 amide bonds. The molecule has 0 bridgehead atoms. The Bertz CT molecular complexity index is 1010. The van der Waals surface area contributed by atoms with E-state index < -0.39 is 0 Å². The predicted molar refractivity (Wildman–Crippen MR) is 108 cm³/mol. The third kappa shape index (κ3) is 3.21. The third-order valence-corrected chi connectivity index (χ3v) is 5.56. The Morgan fingerprint density at radius 2 is 1.77 bits per heavy atom. The number of thiophene rings is 1. The van der Waals surface area contributed by atoms with Crippen LogP contribution in [0.2, 0.25) is 0 Å². The van der Waals surface area contributed by atoms with Crippen LogP contribution in [0.5, 0.6) is 0 Å². The number of ketones is 1. The van der Waals surface area contributed by atoms with Crippen molar-refractivity contribution in [2.75, 3.05) is 0 Å². The number of carbonyl (C=O) groups excluding carboxylic acids is 1. The fourth-order valence-electron chi connectivity index (χ4n) is 3.28. The first-order valence-electron chi connectivity index (χ1n) is 8.69. The molecule has 3 nitrogen and oxygen atoms in total. The van der Waals surface area contributed by atoms with Gasteiger partial charge in [0.25, 0.3) is 0 Å². The van der Waals surface area contributed by atoms with E-state index in [2.05, 4.69) is 33.9 Å². The third-order valence-electron chi connectivity index (χ3n) is 4.63. The maximum Gasteiger partial charge on any atom is 0.181 e. The van der Waals surface area contributed by atoms with Crippen molar-refractivity contribution in [3.8, 4) is 0 Å². The van der Waals surface area contributed by atoms with Gasteiger partial charge in [-0.3, -0.25) is 10.1 Å². The van der Waals surface area contributed by atoms with E-state index in [1.807, 2.05) is 61.7 Å². The highest BCUT2D eigenvalue weighted by atomic mass is 32.1. The van der Waals surface area contributed by atoms with Gasteiger partial charge >= 0.3 is 0 Å². The van der Waals surface area contributed by atoms with E-state index in [4.69, 9.17) is 0 Å². The van der Waals surface area contributed by atoms with Crippen molar-refractivity contribution in [2.45, 2.75) is 19.0 Å². The molecule has 2 aromatic carbocycles. The molecule has 4 aromatic rings. The summed E-state index contributed by atoms with van der Waals surface area (Å²) in [6, 6.07) is 22.0. The van der Waals surface area contributed by atoms with E-state index >= 15 is 0 Å². The highest BCUT2D eigenvalue weighted by Crippen LogP contribution is 2.27. The van der Waals surface area contributed by atoms with E-state index in [1.165, 1.54) is 4.88 Å². The van der Waals surface area contributed by atoms with Gasteiger partial charge in [-0.15, -0.1) is 11.3 Å². The lowest BCUT2D eigenvalue weighted by Gasteiger charge is -2.22. The van der Waals surface area contributed by atoms with Gasteiger partial charge in [0, 0.05) is 27.5 Å². The van der Waals surface area contributed by atoms with Crippen molar-refractivity contribution in [2.24, 2.45) is 0 Å². The maximum absolute atomic E-state index is 13.1. The summed E-state index contributed by atoms with van der Waals surface area (Å²) in [6.07, 6.45) is 1.81. The van der Waals surface area contributed by atoms with E-state index in [1.54, 1.807) is 11.3 Å². The summed E-state index contributed by atoms with van der Waals surface area (Å²) < 4.78 is 0. The predicted octanol–water partition coefficient (Wildman–Crippen LogP) is 5.18. The van der Waals surface area contributed by atoms with Crippen LogP contribution < -0.4 is 5.32 Å². The number of hydrogen-bond donors (Lipinski definition) is 2. The fourth-order valence-corrected chi connectivity index (χ4v) is 4.09. The van der Waals surface area contributed by atoms with Crippen LogP contribution in [0.1, 0.15) is 33.8 Å². The Hall–Kier alpha value is -2.69. The first-order valence-corrected chi connectivity index (χ1v) is 9.57. The summed E-state index contributed by atoms with van der Waals surface area (Å²) in [4.78, 5) is 17.5. The Labute approximate surface area is 156 Å². The molecule has 2 aromatic heterocycles. The minimum absolute atomic E-state index is 0.000330. The molecule has 0 saturated carbocycles. The van der Waals surface area contributed by atoms with Crippen molar-refractivity contribution in [3.63, 3.8) is 0 Å². The summed E-state index contributed by atoms with van der Waals surface area (Å²) in [5, 5.41) is 6.57. The minimum Gasteiger partial charge on any atom is -0.360 e. The van der Waals surface area contributed by atoms with Crippen molar-refractivity contribution in [3.05, 3.63) is 94.3 Å².